The van der Waals surface area contributed by atoms with Gasteiger partial charge in [-0.05, 0) is 46.6 Å². The molecule has 0 amide bonds. The molecule has 0 aliphatic carbocycles. The van der Waals surface area contributed by atoms with Gasteiger partial charge in [-0.15, -0.1) is 11.3 Å². The number of hydrogen-bond donors (Lipinski definition) is 0. The second-order valence-electron chi connectivity index (χ2n) is 3.48. The van der Waals surface area contributed by atoms with Crippen molar-refractivity contribution in [2.24, 2.45) is 0 Å². The Morgan fingerprint density at radius 2 is 1.88 bits per heavy atom. The average Bonchev–Trinajstić information content (AvgIpc) is 2.58. The molecule has 0 bridgehead atoms. The van der Waals surface area contributed by atoms with E-state index in [2.05, 4.69) is 44.8 Å². The van der Waals surface area contributed by atoms with E-state index in [0.717, 1.165) is 10.0 Å². The minimum Gasteiger partial charge on any atom is -0.207 e. The third kappa shape index (κ3) is 2.55. The van der Waals surface area contributed by atoms with Crippen LogP contribution in [0.5, 0.6) is 0 Å². The van der Waals surface area contributed by atoms with Crippen molar-refractivity contribution in [2.45, 2.75) is 11.8 Å². The third-order valence-electron chi connectivity index (χ3n) is 2.23. The third-order valence-corrected chi connectivity index (χ3v) is 5.55. The largest absolute Gasteiger partial charge is 0.207 e. The summed E-state index contributed by atoms with van der Waals surface area (Å²) >= 11 is 8.91. The molecule has 16 heavy (non-hydrogen) atoms. The first-order chi connectivity index (χ1) is 7.58. The van der Waals surface area contributed by atoms with E-state index in [4.69, 9.17) is 0 Å². The molecule has 0 radical (unpaired) electrons. The molecule has 1 aromatic carbocycles. The lowest BCUT2D eigenvalue weighted by Gasteiger charge is -2.08. The van der Waals surface area contributed by atoms with Crippen LogP contribution in [-0.2, 0) is 0 Å². The fourth-order valence-electron chi connectivity index (χ4n) is 1.46. The van der Waals surface area contributed by atoms with Crippen molar-refractivity contribution in [1.29, 1.82) is 0 Å². The van der Waals surface area contributed by atoms with Crippen molar-refractivity contribution < 1.29 is 4.39 Å². The molecule has 4 heteroatoms. The van der Waals surface area contributed by atoms with Crippen LogP contribution in [0.2, 0.25) is 0 Å². The van der Waals surface area contributed by atoms with E-state index in [-0.39, 0.29) is 10.6 Å². The van der Waals surface area contributed by atoms with Crippen LogP contribution < -0.4 is 0 Å². The Balaban J connectivity index is 2.35. The molecule has 1 aromatic heterocycles. The monoisotopic (exact) mass is 362 g/mol. The SMILES string of the molecule is Cc1cc(Br)c(C(Br)c2ccc(F)cc2)s1. The number of hydrogen-bond acceptors (Lipinski definition) is 1. The van der Waals surface area contributed by atoms with Crippen molar-refractivity contribution >= 4 is 43.2 Å². The van der Waals surface area contributed by atoms with Crippen LogP contribution in [0.4, 0.5) is 4.39 Å². The average molecular weight is 364 g/mol. The molecular formula is C12H9Br2FS. The van der Waals surface area contributed by atoms with Gasteiger partial charge < -0.3 is 0 Å². The van der Waals surface area contributed by atoms with Crippen molar-refractivity contribution in [2.75, 3.05) is 0 Å². The Morgan fingerprint density at radius 1 is 1.25 bits per heavy atom. The molecule has 1 heterocycles. The summed E-state index contributed by atoms with van der Waals surface area (Å²) in [6, 6.07) is 8.67. The van der Waals surface area contributed by atoms with Crippen molar-refractivity contribution in [3.8, 4) is 0 Å². The Morgan fingerprint density at radius 3 is 2.38 bits per heavy atom. The van der Waals surface area contributed by atoms with E-state index < -0.39 is 0 Å². The zero-order valence-electron chi connectivity index (χ0n) is 8.51. The van der Waals surface area contributed by atoms with Gasteiger partial charge in [-0.25, -0.2) is 4.39 Å². The smallest absolute Gasteiger partial charge is 0.123 e. The molecule has 0 saturated heterocycles. The summed E-state index contributed by atoms with van der Waals surface area (Å²) in [6.07, 6.45) is 0. The maximum absolute atomic E-state index is 12.8. The van der Waals surface area contributed by atoms with E-state index in [1.165, 1.54) is 21.9 Å². The van der Waals surface area contributed by atoms with Crippen molar-refractivity contribution in [3.63, 3.8) is 0 Å². The molecule has 2 aromatic rings. The predicted molar refractivity (Wildman–Crippen MR) is 73.9 cm³/mol. The number of rotatable bonds is 2. The molecule has 0 N–H and O–H groups in total. The van der Waals surface area contributed by atoms with E-state index in [0.29, 0.717) is 0 Å². The Kier molecular flexibility index (Phi) is 3.82. The lowest BCUT2D eigenvalue weighted by atomic mass is 10.1. The van der Waals surface area contributed by atoms with Crippen molar-refractivity contribution in [3.05, 3.63) is 55.9 Å². The first-order valence-electron chi connectivity index (χ1n) is 4.73. The number of halogens is 3. The molecule has 0 aliphatic rings. The predicted octanol–water partition coefficient (Wildman–Crippen LogP) is 5.44. The highest BCUT2D eigenvalue weighted by atomic mass is 79.9. The molecule has 1 atom stereocenters. The topological polar surface area (TPSA) is 0 Å². The minimum atomic E-state index is -0.204. The van der Waals surface area contributed by atoms with Gasteiger partial charge in [0, 0.05) is 14.2 Å². The molecule has 84 valence electrons. The molecule has 0 nitrogen and oxygen atoms in total. The van der Waals surface area contributed by atoms with Crippen LogP contribution in [0.3, 0.4) is 0 Å². The molecule has 2 rings (SSSR count). The van der Waals surface area contributed by atoms with Gasteiger partial charge >= 0.3 is 0 Å². The quantitative estimate of drug-likeness (QED) is 0.623. The highest BCUT2D eigenvalue weighted by molar-refractivity contribution is 9.11. The van der Waals surface area contributed by atoms with Crippen LogP contribution in [0.15, 0.2) is 34.8 Å². The molecular weight excluding hydrogens is 355 g/mol. The van der Waals surface area contributed by atoms with E-state index >= 15 is 0 Å². The highest BCUT2D eigenvalue weighted by Crippen LogP contribution is 2.40. The van der Waals surface area contributed by atoms with Gasteiger partial charge in [0.2, 0.25) is 0 Å². The van der Waals surface area contributed by atoms with Crippen LogP contribution in [-0.4, -0.2) is 0 Å². The number of benzene rings is 1. The lowest BCUT2D eigenvalue weighted by Crippen LogP contribution is -1.90. The van der Waals surface area contributed by atoms with Gasteiger partial charge in [0.05, 0.1) is 4.83 Å². The maximum Gasteiger partial charge on any atom is 0.123 e. The fourth-order valence-corrected chi connectivity index (χ4v) is 4.48. The lowest BCUT2D eigenvalue weighted by molar-refractivity contribution is 0.627. The van der Waals surface area contributed by atoms with Gasteiger partial charge in [0.15, 0.2) is 0 Å². The van der Waals surface area contributed by atoms with E-state index in [1.54, 1.807) is 23.5 Å². The molecule has 0 aliphatic heterocycles. The van der Waals surface area contributed by atoms with E-state index in [9.17, 15) is 4.39 Å². The summed E-state index contributed by atoms with van der Waals surface area (Å²) in [5, 5.41) is 0. The van der Waals surface area contributed by atoms with Gasteiger partial charge in [-0.1, -0.05) is 28.1 Å². The molecule has 0 spiro atoms. The zero-order valence-corrected chi connectivity index (χ0v) is 12.5. The summed E-state index contributed by atoms with van der Waals surface area (Å²) in [5.41, 5.74) is 1.06. The summed E-state index contributed by atoms with van der Waals surface area (Å²) in [7, 11) is 0. The van der Waals surface area contributed by atoms with Crippen molar-refractivity contribution in [1.82, 2.24) is 0 Å². The van der Waals surface area contributed by atoms with Gasteiger partial charge in [-0.3, -0.25) is 0 Å². The second-order valence-corrected chi connectivity index (χ2v) is 6.54. The van der Waals surface area contributed by atoms with Crippen LogP contribution in [0.25, 0.3) is 0 Å². The number of aryl methyl sites for hydroxylation is 1. The first kappa shape index (κ1) is 12.3. The highest BCUT2D eigenvalue weighted by Gasteiger charge is 2.16. The summed E-state index contributed by atoms with van der Waals surface area (Å²) in [6.45, 7) is 2.07. The minimum absolute atomic E-state index is 0.112. The number of thiophene rings is 1. The van der Waals surface area contributed by atoms with Gasteiger partial charge in [0.1, 0.15) is 5.82 Å². The maximum atomic E-state index is 12.8. The standard InChI is InChI=1S/C12H9Br2FS/c1-7-6-10(13)12(16-7)11(14)8-2-4-9(15)5-3-8/h2-6,11H,1H3. The Bertz CT molecular complexity index is 490. The zero-order chi connectivity index (χ0) is 11.7. The Labute approximate surface area is 115 Å². The van der Waals surface area contributed by atoms with Crippen LogP contribution >= 0.6 is 43.2 Å². The number of alkyl halides is 1. The van der Waals surface area contributed by atoms with Gasteiger partial charge in [0.25, 0.3) is 0 Å². The van der Waals surface area contributed by atoms with Crippen LogP contribution in [0, 0.1) is 12.7 Å². The molecule has 1 unspecified atom stereocenters. The fraction of sp³-hybridized carbons (Fsp3) is 0.167. The van der Waals surface area contributed by atoms with Gasteiger partial charge in [-0.2, -0.15) is 0 Å². The normalized spacial score (nSPS) is 12.8. The summed E-state index contributed by atoms with van der Waals surface area (Å²) < 4.78 is 13.9. The second kappa shape index (κ2) is 4.98. The van der Waals surface area contributed by atoms with E-state index in [1.807, 2.05) is 0 Å². The Hall–Kier alpha value is -0.190. The van der Waals surface area contributed by atoms with Crippen LogP contribution in [0.1, 0.15) is 20.1 Å². The summed E-state index contributed by atoms with van der Waals surface area (Å²) in [4.78, 5) is 2.58. The summed E-state index contributed by atoms with van der Waals surface area (Å²) in [5.74, 6) is -0.204. The molecule has 0 saturated carbocycles. The molecule has 0 fully saturated rings. The first-order valence-corrected chi connectivity index (χ1v) is 7.26.